The molecule has 0 saturated carbocycles. The second kappa shape index (κ2) is 7.24. The van der Waals surface area contributed by atoms with Gasteiger partial charge in [0.15, 0.2) is 11.5 Å². The van der Waals surface area contributed by atoms with Gasteiger partial charge in [-0.25, -0.2) is 9.59 Å². The molecular weight excluding hydrogens is 374 g/mol. The van der Waals surface area contributed by atoms with E-state index in [0.717, 1.165) is 0 Å². The van der Waals surface area contributed by atoms with Crippen LogP contribution in [0.3, 0.4) is 0 Å². The summed E-state index contributed by atoms with van der Waals surface area (Å²) in [4.78, 5) is 25.7. The normalized spacial score (nSPS) is 17.6. The average molecular weight is 390 g/mol. The van der Waals surface area contributed by atoms with Crippen molar-refractivity contribution < 1.29 is 23.8 Å². The van der Waals surface area contributed by atoms with E-state index in [0.29, 0.717) is 34.4 Å². The molecular formula is C18H16ClN3O5. The van der Waals surface area contributed by atoms with E-state index < -0.39 is 18.2 Å². The van der Waals surface area contributed by atoms with Crippen molar-refractivity contribution in [3.63, 3.8) is 0 Å². The van der Waals surface area contributed by atoms with E-state index in [9.17, 15) is 9.59 Å². The molecule has 1 saturated heterocycles. The Balaban J connectivity index is 1.33. The third-order valence-corrected chi connectivity index (χ3v) is 4.48. The van der Waals surface area contributed by atoms with Gasteiger partial charge in [-0.15, -0.1) is 0 Å². The summed E-state index contributed by atoms with van der Waals surface area (Å²) in [7, 11) is 0. The number of para-hydroxylation sites is 1. The van der Waals surface area contributed by atoms with Crippen LogP contribution in [0.4, 0.5) is 21.0 Å². The van der Waals surface area contributed by atoms with Crippen LogP contribution in [0.5, 0.6) is 11.5 Å². The largest absolute Gasteiger partial charge is 0.454 e. The molecule has 0 bridgehead atoms. The van der Waals surface area contributed by atoms with Crippen LogP contribution in [0.15, 0.2) is 42.5 Å². The van der Waals surface area contributed by atoms with Gasteiger partial charge in [0.1, 0.15) is 6.10 Å². The van der Waals surface area contributed by atoms with Crippen molar-refractivity contribution in [1.82, 2.24) is 5.32 Å². The van der Waals surface area contributed by atoms with E-state index in [1.807, 2.05) is 0 Å². The van der Waals surface area contributed by atoms with Crippen molar-refractivity contribution in [2.45, 2.75) is 6.10 Å². The molecule has 0 unspecified atom stereocenters. The Morgan fingerprint density at radius 3 is 2.85 bits per heavy atom. The van der Waals surface area contributed by atoms with Gasteiger partial charge < -0.3 is 24.8 Å². The molecule has 8 nitrogen and oxygen atoms in total. The van der Waals surface area contributed by atoms with E-state index in [1.54, 1.807) is 42.5 Å². The number of amides is 3. The number of ether oxygens (including phenoxy) is 3. The molecule has 0 aromatic heterocycles. The standard InChI is InChI=1S/C18H16ClN3O5/c19-13-3-1-2-4-14(13)21-17(23)20-8-12-9-22(18(24)27-12)11-5-6-15-16(7-11)26-10-25-15/h1-7,12H,8-10H2,(H2,20,21,23)/t12-/m0/s1. The van der Waals surface area contributed by atoms with Gasteiger partial charge >= 0.3 is 12.1 Å². The SMILES string of the molecule is O=C(NC[C@H]1CN(c2ccc3c(c2)OCO3)C(=O)O1)Nc1ccccc1Cl. The van der Waals surface area contributed by atoms with Crippen LogP contribution in [-0.4, -0.2) is 38.1 Å². The van der Waals surface area contributed by atoms with Crippen LogP contribution in [0.25, 0.3) is 0 Å². The number of nitrogens with one attached hydrogen (secondary N) is 2. The number of fused-ring (bicyclic) bond motifs is 1. The highest BCUT2D eigenvalue weighted by Crippen LogP contribution is 2.36. The number of hydrogen-bond acceptors (Lipinski definition) is 5. The Labute approximate surface area is 159 Å². The first-order chi connectivity index (χ1) is 13.1. The lowest BCUT2D eigenvalue weighted by molar-refractivity contribution is 0.141. The molecule has 0 radical (unpaired) electrons. The van der Waals surface area contributed by atoms with E-state index in [2.05, 4.69) is 10.6 Å². The molecule has 4 rings (SSSR count). The molecule has 1 atom stereocenters. The highest BCUT2D eigenvalue weighted by Gasteiger charge is 2.33. The number of urea groups is 1. The van der Waals surface area contributed by atoms with Crippen molar-refractivity contribution in [3.8, 4) is 11.5 Å². The zero-order valence-electron chi connectivity index (χ0n) is 14.1. The predicted molar refractivity (Wildman–Crippen MR) is 98.7 cm³/mol. The highest BCUT2D eigenvalue weighted by atomic mass is 35.5. The second-order valence-corrected chi connectivity index (χ2v) is 6.38. The number of carbonyl (C=O) groups is 2. The minimum Gasteiger partial charge on any atom is -0.454 e. The van der Waals surface area contributed by atoms with Gasteiger partial charge in [0.2, 0.25) is 6.79 Å². The van der Waals surface area contributed by atoms with E-state index >= 15 is 0 Å². The van der Waals surface area contributed by atoms with Gasteiger partial charge in [0, 0.05) is 6.07 Å². The van der Waals surface area contributed by atoms with E-state index in [1.165, 1.54) is 4.90 Å². The van der Waals surface area contributed by atoms with Crippen molar-refractivity contribution in [2.24, 2.45) is 0 Å². The van der Waals surface area contributed by atoms with E-state index in [-0.39, 0.29) is 13.3 Å². The number of halogens is 1. The zero-order valence-corrected chi connectivity index (χ0v) is 14.9. The fraction of sp³-hybridized carbons (Fsp3) is 0.222. The fourth-order valence-electron chi connectivity index (χ4n) is 2.83. The summed E-state index contributed by atoms with van der Waals surface area (Å²) >= 11 is 6.00. The zero-order chi connectivity index (χ0) is 18.8. The lowest BCUT2D eigenvalue weighted by atomic mass is 10.2. The Hall–Kier alpha value is -3.13. The van der Waals surface area contributed by atoms with Crippen LogP contribution in [0, 0.1) is 0 Å². The maximum atomic E-state index is 12.2. The fourth-order valence-corrected chi connectivity index (χ4v) is 3.01. The Bertz CT molecular complexity index is 891. The quantitative estimate of drug-likeness (QED) is 0.838. The number of cyclic esters (lactones) is 1. The number of anilines is 2. The number of nitrogens with zero attached hydrogens (tertiary/aromatic N) is 1. The number of carbonyl (C=O) groups excluding carboxylic acids is 2. The maximum absolute atomic E-state index is 12.2. The number of hydrogen-bond donors (Lipinski definition) is 2. The first-order valence-electron chi connectivity index (χ1n) is 8.27. The van der Waals surface area contributed by atoms with Gasteiger partial charge in [-0.2, -0.15) is 0 Å². The highest BCUT2D eigenvalue weighted by molar-refractivity contribution is 6.33. The van der Waals surface area contributed by atoms with Crippen molar-refractivity contribution in [2.75, 3.05) is 30.1 Å². The van der Waals surface area contributed by atoms with E-state index in [4.69, 9.17) is 25.8 Å². The minimum absolute atomic E-state index is 0.163. The number of benzene rings is 2. The van der Waals surface area contributed by atoms with Gasteiger partial charge in [0.05, 0.1) is 29.5 Å². The topological polar surface area (TPSA) is 89.1 Å². The predicted octanol–water partition coefficient (Wildman–Crippen LogP) is 3.22. The molecule has 3 amide bonds. The summed E-state index contributed by atoms with van der Waals surface area (Å²) in [6.07, 6.45) is -0.952. The van der Waals surface area contributed by atoms with Crippen LogP contribution >= 0.6 is 11.6 Å². The summed E-state index contributed by atoms with van der Waals surface area (Å²) in [6, 6.07) is 11.7. The van der Waals surface area contributed by atoms with Crippen LogP contribution < -0.4 is 25.0 Å². The molecule has 9 heteroatoms. The smallest absolute Gasteiger partial charge is 0.414 e. The molecule has 140 valence electrons. The van der Waals surface area contributed by atoms with Crippen LogP contribution in [0.2, 0.25) is 5.02 Å². The van der Waals surface area contributed by atoms with Crippen LogP contribution in [-0.2, 0) is 4.74 Å². The molecule has 2 aromatic carbocycles. The van der Waals surface area contributed by atoms with Gasteiger partial charge in [0.25, 0.3) is 0 Å². The third-order valence-electron chi connectivity index (χ3n) is 4.15. The summed E-state index contributed by atoms with van der Waals surface area (Å²) < 4.78 is 15.9. The summed E-state index contributed by atoms with van der Waals surface area (Å²) in [5.74, 6) is 1.22. The monoisotopic (exact) mass is 389 g/mol. The Kier molecular flexibility index (Phi) is 4.64. The first-order valence-corrected chi connectivity index (χ1v) is 8.65. The van der Waals surface area contributed by atoms with Crippen molar-refractivity contribution in [1.29, 1.82) is 0 Å². The lowest BCUT2D eigenvalue weighted by Crippen LogP contribution is -2.37. The Morgan fingerprint density at radius 2 is 2.00 bits per heavy atom. The Morgan fingerprint density at radius 1 is 1.19 bits per heavy atom. The van der Waals surface area contributed by atoms with Gasteiger partial charge in [-0.1, -0.05) is 23.7 Å². The first kappa shape index (κ1) is 17.3. The molecule has 27 heavy (non-hydrogen) atoms. The molecule has 2 aliphatic heterocycles. The summed E-state index contributed by atoms with van der Waals surface area (Å²) in [6.45, 7) is 0.643. The maximum Gasteiger partial charge on any atom is 0.414 e. The summed E-state index contributed by atoms with van der Waals surface area (Å²) in [5.41, 5.74) is 1.15. The molecule has 0 aliphatic carbocycles. The van der Waals surface area contributed by atoms with Gasteiger partial charge in [-0.05, 0) is 24.3 Å². The molecule has 2 aliphatic rings. The van der Waals surface area contributed by atoms with Crippen LogP contribution in [0.1, 0.15) is 0 Å². The molecule has 2 heterocycles. The van der Waals surface area contributed by atoms with Gasteiger partial charge in [-0.3, -0.25) is 4.90 Å². The third kappa shape index (κ3) is 3.70. The van der Waals surface area contributed by atoms with Crippen molar-refractivity contribution in [3.05, 3.63) is 47.5 Å². The van der Waals surface area contributed by atoms with Crippen molar-refractivity contribution >= 4 is 35.1 Å². The molecule has 0 spiro atoms. The molecule has 1 fully saturated rings. The molecule has 2 N–H and O–H groups in total. The lowest BCUT2D eigenvalue weighted by Gasteiger charge is -2.14. The average Bonchev–Trinajstić information content (AvgIpc) is 3.27. The molecule has 2 aromatic rings. The summed E-state index contributed by atoms with van der Waals surface area (Å²) in [5, 5.41) is 5.77. The number of rotatable bonds is 4. The minimum atomic E-state index is -0.479. The second-order valence-electron chi connectivity index (χ2n) is 5.97.